The second-order valence-corrected chi connectivity index (χ2v) is 10.3. The Bertz CT molecular complexity index is 1200. The van der Waals surface area contributed by atoms with Crippen LogP contribution in [0, 0.1) is 10.1 Å². The van der Waals surface area contributed by atoms with Crippen LogP contribution in [0.1, 0.15) is 18.4 Å². The number of rotatable bonds is 4. The maximum Gasteiger partial charge on any atom is 0.373 e. The number of sulfonamides is 1. The van der Waals surface area contributed by atoms with Crippen LogP contribution in [0.4, 0.5) is 17.3 Å². The normalized spacial score (nSPS) is 19.7. The van der Waals surface area contributed by atoms with Crippen molar-refractivity contribution in [2.45, 2.75) is 24.5 Å². The molecule has 0 aliphatic carbocycles. The zero-order valence-electron chi connectivity index (χ0n) is 15.5. The highest BCUT2D eigenvalue weighted by Gasteiger charge is 2.40. The fraction of sp³-hybridized carbons (Fsp3) is 0.389. The Balaban J connectivity index is 1.47. The average molecular weight is 434 g/mol. The molecular formula is C18H19N5O4S2. The SMILES string of the molecule is O=[N+]([O-])c1c(N2CCCC(S(=O)(=O)N3CCc4ccccc43)C2)nc2sccn12. The number of hydrogen-bond acceptors (Lipinski definition) is 7. The van der Waals surface area contributed by atoms with Gasteiger partial charge in [0.1, 0.15) is 6.20 Å². The summed E-state index contributed by atoms with van der Waals surface area (Å²) in [5.74, 6) is 0.148. The summed E-state index contributed by atoms with van der Waals surface area (Å²) in [7, 11) is -3.58. The van der Waals surface area contributed by atoms with Crippen molar-refractivity contribution in [1.29, 1.82) is 0 Å². The van der Waals surface area contributed by atoms with E-state index in [0.717, 1.165) is 11.3 Å². The molecule has 9 nitrogen and oxygen atoms in total. The van der Waals surface area contributed by atoms with Crippen LogP contribution in [0.25, 0.3) is 4.96 Å². The predicted octanol–water partition coefficient (Wildman–Crippen LogP) is 2.67. The first-order valence-electron chi connectivity index (χ1n) is 9.41. The third-order valence-corrected chi connectivity index (χ3v) is 8.62. The van der Waals surface area contributed by atoms with E-state index in [-0.39, 0.29) is 18.2 Å². The van der Waals surface area contributed by atoms with Crippen LogP contribution in [0.2, 0.25) is 0 Å². The number of anilines is 2. The molecule has 1 atom stereocenters. The van der Waals surface area contributed by atoms with Gasteiger partial charge in [0.2, 0.25) is 15.8 Å². The van der Waals surface area contributed by atoms with Crippen LogP contribution in [-0.4, -0.2) is 47.6 Å². The second-order valence-electron chi connectivity index (χ2n) is 7.28. The first-order chi connectivity index (χ1) is 14.0. The van der Waals surface area contributed by atoms with E-state index in [1.165, 1.54) is 20.0 Å². The molecule has 1 aromatic carbocycles. The summed E-state index contributed by atoms with van der Waals surface area (Å²) < 4.78 is 29.8. The maximum absolute atomic E-state index is 13.4. The summed E-state index contributed by atoms with van der Waals surface area (Å²) in [6, 6.07) is 7.57. The molecule has 0 spiro atoms. The summed E-state index contributed by atoms with van der Waals surface area (Å²) in [5, 5.41) is 12.8. The van der Waals surface area contributed by atoms with Gasteiger partial charge >= 0.3 is 5.82 Å². The van der Waals surface area contributed by atoms with Crippen LogP contribution in [0.15, 0.2) is 35.8 Å². The summed E-state index contributed by atoms with van der Waals surface area (Å²) in [6.45, 7) is 1.19. The van der Waals surface area contributed by atoms with Crippen molar-refractivity contribution in [1.82, 2.24) is 9.38 Å². The minimum absolute atomic E-state index is 0.106. The average Bonchev–Trinajstić information content (AvgIpc) is 3.41. The molecule has 0 radical (unpaired) electrons. The first kappa shape index (κ1) is 18.4. The van der Waals surface area contributed by atoms with Gasteiger partial charge in [-0.15, -0.1) is 0 Å². The van der Waals surface area contributed by atoms with E-state index in [9.17, 15) is 18.5 Å². The van der Waals surface area contributed by atoms with Crippen molar-refractivity contribution in [3.8, 4) is 0 Å². The standard InChI is InChI=1S/C18H19N5O4S2/c24-23(25)17-16(19-18-21(17)10-11-28-18)20-8-3-5-14(12-20)29(26,27)22-9-7-13-4-1-2-6-15(13)22/h1-2,4,6,10-11,14H,3,5,7-9,12H2. The lowest BCUT2D eigenvalue weighted by molar-refractivity contribution is -0.389. The highest BCUT2D eigenvalue weighted by atomic mass is 32.2. The van der Waals surface area contributed by atoms with Crippen LogP contribution in [0.3, 0.4) is 0 Å². The molecule has 152 valence electrons. The number of piperidine rings is 1. The lowest BCUT2D eigenvalue weighted by Crippen LogP contribution is -2.48. The van der Waals surface area contributed by atoms with E-state index in [4.69, 9.17) is 0 Å². The van der Waals surface area contributed by atoms with Gasteiger partial charge in [0.05, 0.1) is 10.9 Å². The van der Waals surface area contributed by atoms with Crippen molar-refractivity contribution < 1.29 is 13.3 Å². The van der Waals surface area contributed by atoms with Crippen molar-refractivity contribution in [3.05, 3.63) is 51.5 Å². The van der Waals surface area contributed by atoms with Crippen molar-refractivity contribution in [2.75, 3.05) is 28.8 Å². The third kappa shape index (κ3) is 2.87. The summed E-state index contributed by atoms with van der Waals surface area (Å²) >= 11 is 1.32. The molecule has 29 heavy (non-hydrogen) atoms. The topological polar surface area (TPSA) is 101 Å². The molecular weight excluding hydrogens is 414 g/mol. The highest BCUT2D eigenvalue weighted by molar-refractivity contribution is 7.93. The van der Waals surface area contributed by atoms with E-state index in [1.54, 1.807) is 16.5 Å². The summed E-state index contributed by atoms with van der Waals surface area (Å²) in [6.07, 6.45) is 3.50. The largest absolute Gasteiger partial charge is 0.373 e. The molecule has 4 heterocycles. The molecule has 3 aromatic rings. The number of para-hydroxylation sites is 1. The van der Waals surface area contributed by atoms with Crippen LogP contribution < -0.4 is 9.21 Å². The molecule has 0 N–H and O–H groups in total. The van der Waals surface area contributed by atoms with Crippen molar-refractivity contribution in [3.63, 3.8) is 0 Å². The Labute approximate surface area is 171 Å². The molecule has 2 aromatic heterocycles. The van der Waals surface area contributed by atoms with Gasteiger partial charge in [0.15, 0.2) is 0 Å². The summed E-state index contributed by atoms with van der Waals surface area (Å²) in [5.41, 5.74) is 1.78. The van der Waals surface area contributed by atoms with Crippen molar-refractivity contribution in [2.24, 2.45) is 0 Å². The van der Waals surface area contributed by atoms with Gasteiger partial charge in [-0.1, -0.05) is 29.5 Å². The van der Waals surface area contributed by atoms with E-state index in [1.807, 2.05) is 24.3 Å². The van der Waals surface area contributed by atoms with Gasteiger partial charge in [0.25, 0.3) is 4.96 Å². The Morgan fingerprint density at radius 1 is 1.24 bits per heavy atom. The molecule has 0 saturated carbocycles. The number of hydrogen-bond donors (Lipinski definition) is 0. The lowest BCUT2D eigenvalue weighted by Gasteiger charge is -2.34. The van der Waals surface area contributed by atoms with E-state index < -0.39 is 20.2 Å². The molecule has 11 heteroatoms. The van der Waals surface area contributed by atoms with Crippen LogP contribution >= 0.6 is 11.3 Å². The van der Waals surface area contributed by atoms with Gasteiger partial charge in [0, 0.05) is 25.0 Å². The number of benzene rings is 1. The van der Waals surface area contributed by atoms with E-state index in [2.05, 4.69) is 4.98 Å². The molecule has 2 aliphatic heterocycles. The monoisotopic (exact) mass is 433 g/mol. The number of thiazole rings is 1. The summed E-state index contributed by atoms with van der Waals surface area (Å²) in [4.78, 5) is 17.9. The van der Waals surface area contributed by atoms with Gasteiger partial charge in [-0.25, -0.2) is 8.42 Å². The number of nitrogens with zero attached hydrogens (tertiary/aromatic N) is 5. The molecule has 1 unspecified atom stereocenters. The Morgan fingerprint density at radius 3 is 2.90 bits per heavy atom. The Hall–Kier alpha value is -2.66. The van der Waals surface area contributed by atoms with Crippen molar-refractivity contribution >= 4 is 43.6 Å². The Morgan fingerprint density at radius 2 is 2.07 bits per heavy atom. The molecule has 0 bridgehead atoms. The highest BCUT2D eigenvalue weighted by Crippen LogP contribution is 2.36. The zero-order valence-corrected chi connectivity index (χ0v) is 17.1. The van der Waals surface area contributed by atoms with E-state index >= 15 is 0 Å². The number of fused-ring (bicyclic) bond motifs is 2. The quantitative estimate of drug-likeness (QED) is 0.463. The van der Waals surface area contributed by atoms with Gasteiger partial charge in [-0.05, 0) is 35.8 Å². The Kier molecular flexibility index (Phi) is 4.24. The predicted molar refractivity (Wildman–Crippen MR) is 111 cm³/mol. The smallest absolute Gasteiger partial charge is 0.358 e. The molecule has 5 rings (SSSR count). The minimum atomic E-state index is -3.58. The fourth-order valence-electron chi connectivity index (χ4n) is 4.27. The first-order valence-corrected chi connectivity index (χ1v) is 11.8. The lowest BCUT2D eigenvalue weighted by atomic mass is 10.1. The van der Waals surface area contributed by atoms with Gasteiger partial charge < -0.3 is 15.0 Å². The number of nitro groups is 1. The van der Waals surface area contributed by atoms with Gasteiger partial charge in [-0.3, -0.25) is 4.31 Å². The zero-order chi connectivity index (χ0) is 20.2. The number of aromatic nitrogens is 2. The molecule has 1 saturated heterocycles. The fourth-order valence-corrected chi connectivity index (χ4v) is 6.97. The minimum Gasteiger partial charge on any atom is -0.358 e. The second kappa shape index (κ2) is 6.70. The van der Waals surface area contributed by atoms with Gasteiger partial charge in [-0.2, -0.15) is 9.38 Å². The van der Waals surface area contributed by atoms with Crippen LogP contribution in [0.5, 0.6) is 0 Å². The molecule has 1 fully saturated rings. The van der Waals surface area contributed by atoms with E-state index in [0.29, 0.717) is 37.3 Å². The number of imidazole rings is 1. The maximum atomic E-state index is 13.4. The molecule has 0 amide bonds. The third-order valence-electron chi connectivity index (χ3n) is 5.64. The van der Waals surface area contributed by atoms with Crippen LogP contribution in [-0.2, 0) is 16.4 Å². The molecule has 2 aliphatic rings.